The number of nitrogens with one attached hydrogen (secondary N) is 1. The zero-order valence-corrected chi connectivity index (χ0v) is 13.6. The third kappa shape index (κ3) is 4.55. The molecule has 0 bridgehead atoms. The summed E-state index contributed by atoms with van der Waals surface area (Å²) in [6.07, 6.45) is 4.34. The molecule has 0 radical (unpaired) electrons. The summed E-state index contributed by atoms with van der Waals surface area (Å²) in [6.45, 7) is 3.96. The minimum absolute atomic E-state index is 0.0800. The number of ether oxygens (including phenoxy) is 2. The van der Waals surface area contributed by atoms with Crippen molar-refractivity contribution in [3.05, 3.63) is 53.4 Å². The highest BCUT2D eigenvalue weighted by Gasteiger charge is 2.23. The molecule has 6 nitrogen and oxygen atoms in total. The summed E-state index contributed by atoms with van der Waals surface area (Å²) in [5.74, 6) is -1.20. The van der Waals surface area contributed by atoms with Crippen molar-refractivity contribution in [2.45, 2.75) is 26.7 Å². The van der Waals surface area contributed by atoms with Crippen LogP contribution in [-0.2, 0) is 19.1 Å². The summed E-state index contributed by atoms with van der Waals surface area (Å²) < 4.78 is 10.0. The van der Waals surface area contributed by atoms with Crippen LogP contribution < -0.4 is 5.32 Å². The molecule has 2 rings (SSSR count). The number of ketones is 1. The highest BCUT2D eigenvalue weighted by Crippen LogP contribution is 2.15. The van der Waals surface area contributed by atoms with E-state index < -0.39 is 11.8 Å². The molecular formula is C18H19NO5. The van der Waals surface area contributed by atoms with Crippen LogP contribution in [0.25, 0.3) is 0 Å². The van der Waals surface area contributed by atoms with E-state index >= 15 is 0 Å². The molecule has 1 N–H and O–H groups in total. The number of esters is 2. The van der Waals surface area contributed by atoms with Crippen LogP contribution in [0.5, 0.6) is 0 Å². The van der Waals surface area contributed by atoms with E-state index in [0.29, 0.717) is 17.9 Å². The van der Waals surface area contributed by atoms with Crippen LogP contribution in [0.3, 0.4) is 0 Å². The number of anilines is 1. The molecule has 0 aromatic heterocycles. The Balaban J connectivity index is 1.99. The van der Waals surface area contributed by atoms with Gasteiger partial charge in [0.15, 0.2) is 5.78 Å². The number of cyclic esters (lactones) is 1. The Hall–Kier alpha value is -2.89. The van der Waals surface area contributed by atoms with Crippen molar-refractivity contribution in [3.63, 3.8) is 0 Å². The second-order valence-electron chi connectivity index (χ2n) is 5.28. The van der Waals surface area contributed by atoms with Crippen molar-refractivity contribution in [3.8, 4) is 0 Å². The molecule has 1 aliphatic rings. The third-order valence-electron chi connectivity index (χ3n) is 3.31. The molecule has 0 unspecified atom stereocenters. The van der Waals surface area contributed by atoms with Gasteiger partial charge in [-0.1, -0.05) is 13.3 Å². The Morgan fingerprint density at radius 2 is 1.96 bits per heavy atom. The second kappa shape index (κ2) is 8.10. The fourth-order valence-corrected chi connectivity index (χ4v) is 1.97. The molecule has 1 aromatic rings. The van der Waals surface area contributed by atoms with Crippen molar-refractivity contribution in [2.75, 3.05) is 11.9 Å². The number of hydrogen-bond acceptors (Lipinski definition) is 6. The average molecular weight is 329 g/mol. The summed E-state index contributed by atoms with van der Waals surface area (Å²) in [5, 5.41) is 2.84. The number of carbonyl (C=O) groups excluding carboxylic acids is 3. The van der Waals surface area contributed by atoms with Gasteiger partial charge in [0.05, 0.1) is 12.2 Å². The number of allylic oxidation sites excluding steroid dienone is 2. The molecule has 0 saturated carbocycles. The zero-order valence-electron chi connectivity index (χ0n) is 13.6. The minimum atomic E-state index is -0.691. The predicted molar refractivity (Wildman–Crippen MR) is 88.2 cm³/mol. The van der Waals surface area contributed by atoms with E-state index in [1.807, 2.05) is 6.92 Å². The molecular weight excluding hydrogens is 310 g/mol. The molecule has 0 saturated heterocycles. The van der Waals surface area contributed by atoms with E-state index in [1.165, 1.54) is 12.3 Å². The van der Waals surface area contributed by atoms with Gasteiger partial charge in [-0.15, -0.1) is 0 Å². The van der Waals surface area contributed by atoms with Gasteiger partial charge in [0.2, 0.25) is 0 Å². The van der Waals surface area contributed by atoms with Gasteiger partial charge in [-0.25, -0.2) is 9.59 Å². The van der Waals surface area contributed by atoms with Gasteiger partial charge in [0.1, 0.15) is 11.3 Å². The summed E-state index contributed by atoms with van der Waals surface area (Å²) in [5.41, 5.74) is 0.985. The van der Waals surface area contributed by atoms with Gasteiger partial charge in [0.25, 0.3) is 0 Å². The van der Waals surface area contributed by atoms with E-state index in [4.69, 9.17) is 9.47 Å². The normalized spacial score (nSPS) is 15.8. The Kier molecular flexibility index (Phi) is 5.89. The molecule has 1 aromatic carbocycles. The lowest BCUT2D eigenvalue weighted by Gasteiger charge is -2.12. The average Bonchev–Trinajstić information content (AvgIpc) is 2.54. The molecule has 126 valence electrons. The number of rotatable bonds is 6. The fraction of sp³-hybridized carbons (Fsp3) is 0.278. The van der Waals surface area contributed by atoms with E-state index in [9.17, 15) is 14.4 Å². The van der Waals surface area contributed by atoms with Gasteiger partial charge in [0, 0.05) is 18.0 Å². The van der Waals surface area contributed by atoms with Gasteiger partial charge in [-0.05, 0) is 37.6 Å². The monoisotopic (exact) mass is 329 g/mol. The molecule has 1 heterocycles. The largest absolute Gasteiger partial charge is 0.462 e. The third-order valence-corrected chi connectivity index (χ3v) is 3.31. The van der Waals surface area contributed by atoms with E-state index in [0.717, 1.165) is 12.8 Å². The highest BCUT2D eigenvalue weighted by molar-refractivity contribution is 6.23. The van der Waals surface area contributed by atoms with E-state index in [1.54, 1.807) is 31.2 Å². The van der Waals surface area contributed by atoms with Crippen LogP contribution in [0.2, 0.25) is 0 Å². The van der Waals surface area contributed by atoms with Crippen molar-refractivity contribution in [1.82, 2.24) is 0 Å². The van der Waals surface area contributed by atoms with Crippen molar-refractivity contribution in [2.24, 2.45) is 0 Å². The topological polar surface area (TPSA) is 81.7 Å². The lowest BCUT2D eigenvalue weighted by molar-refractivity contribution is -0.137. The summed E-state index contributed by atoms with van der Waals surface area (Å²) >= 11 is 0. The van der Waals surface area contributed by atoms with E-state index in [2.05, 4.69) is 5.32 Å². The highest BCUT2D eigenvalue weighted by atomic mass is 16.5. The summed E-state index contributed by atoms with van der Waals surface area (Å²) in [4.78, 5) is 35.2. The number of benzene rings is 1. The molecule has 0 aliphatic carbocycles. The predicted octanol–water partition coefficient (Wildman–Crippen LogP) is 2.97. The molecule has 0 spiro atoms. The SMILES string of the molecule is CCCCOC(=O)c1ccc(NC=C2C(=O)C=C(C)OC2=O)cc1. The maximum atomic E-state index is 11.8. The van der Waals surface area contributed by atoms with Crippen LogP contribution in [0.15, 0.2) is 47.9 Å². The number of hydrogen-bond donors (Lipinski definition) is 1. The lowest BCUT2D eigenvalue weighted by atomic mass is 10.1. The quantitative estimate of drug-likeness (QED) is 0.374. The van der Waals surface area contributed by atoms with Crippen molar-refractivity contribution in [1.29, 1.82) is 0 Å². The molecule has 0 amide bonds. The molecule has 6 heteroatoms. The van der Waals surface area contributed by atoms with Crippen LogP contribution in [0.4, 0.5) is 5.69 Å². The number of unbranched alkanes of at least 4 members (excludes halogenated alkanes) is 1. The minimum Gasteiger partial charge on any atom is -0.462 e. The van der Waals surface area contributed by atoms with Gasteiger partial charge < -0.3 is 14.8 Å². The molecule has 24 heavy (non-hydrogen) atoms. The number of carbonyl (C=O) groups is 3. The first-order valence-corrected chi connectivity index (χ1v) is 7.70. The fourth-order valence-electron chi connectivity index (χ4n) is 1.97. The van der Waals surface area contributed by atoms with Crippen molar-refractivity contribution < 1.29 is 23.9 Å². The Bertz CT molecular complexity index is 701. The molecule has 0 fully saturated rings. The lowest BCUT2D eigenvalue weighted by Crippen LogP contribution is -2.20. The van der Waals surface area contributed by atoms with Gasteiger partial charge >= 0.3 is 11.9 Å². The maximum Gasteiger partial charge on any atom is 0.348 e. The smallest absolute Gasteiger partial charge is 0.348 e. The Morgan fingerprint density at radius 3 is 2.58 bits per heavy atom. The van der Waals surface area contributed by atoms with Crippen LogP contribution >= 0.6 is 0 Å². The standard InChI is InChI=1S/C18H19NO5/c1-3-4-9-23-17(21)13-5-7-14(8-6-13)19-11-15-16(20)10-12(2)24-18(15)22/h5-8,10-11,19H,3-4,9H2,1-2H3. The van der Waals surface area contributed by atoms with Crippen molar-refractivity contribution >= 4 is 23.4 Å². The Morgan fingerprint density at radius 1 is 1.25 bits per heavy atom. The molecule has 1 aliphatic heterocycles. The first-order chi connectivity index (χ1) is 11.5. The molecule has 0 atom stereocenters. The van der Waals surface area contributed by atoms with Crippen LogP contribution in [0, 0.1) is 0 Å². The van der Waals surface area contributed by atoms with E-state index in [-0.39, 0.29) is 17.3 Å². The van der Waals surface area contributed by atoms with Crippen LogP contribution in [-0.4, -0.2) is 24.3 Å². The van der Waals surface area contributed by atoms with Crippen LogP contribution in [0.1, 0.15) is 37.0 Å². The van der Waals surface area contributed by atoms with Gasteiger partial charge in [-0.3, -0.25) is 4.79 Å². The maximum absolute atomic E-state index is 11.8. The summed E-state index contributed by atoms with van der Waals surface area (Å²) in [6, 6.07) is 6.54. The Labute approximate surface area is 140 Å². The second-order valence-corrected chi connectivity index (χ2v) is 5.28. The zero-order chi connectivity index (χ0) is 17.5. The summed E-state index contributed by atoms with van der Waals surface area (Å²) in [7, 11) is 0. The first kappa shape index (κ1) is 17.5. The first-order valence-electron chi connectivity index (χ1n) is 7.70. The van der Waals surface area contributed by atoms with Gasteiger partial charge in [-0.2, -0.15) is 0 Å².